The number of carbonyl (C=O) groups excluding carboxylic acids is 2. The molecule has 0 bridgehead atoms. The molecule has 0 fully saturated rings. The van der Waals surface area contributed by atoms with Crippen LogP contribution in [0.3, 0.4) is 0 Å². The molecule has 2 N–H and O–H groups in total. The van der Waals surface area contributed by atoms with E-state index in [4.69, 9.17) is 14.2 Å². The van der Waals surface area contributed by atoms with Gasteiger partial charge in [0, 0.05) is 13.1 Å². The summed E-state index contributed by atoms with van der Waals surface area (Å²) in [5.74, 6) is -0.444. The second kappa shape index (κ2) is 11.2. The van der Waals surface area contributed by atoms with Gasteiger partial charge in [-0.1, -0.05) is 24.3 Å². The first-order valence-corrected chi connectivity index (χ1v) is 8.85. The van der Waals surface area contributed by atoms with Crippen molar-refractivity contribution in [3.63, 3.8) is 0 Å². The minimum atomic E-state index is -0.485. The van der Waals surface area contributed by atoms with Gasteiger partial charge in [-0.2, -0.15) is 0 Å². The van der Waals surface area contributed by atoms with Crippen molar-refractivity contribution >= 4 is 17.6 Å². The third-order valence-electron chi connectivity index (χ3n) is 3.43. The molecular formula is C20H30N2O5. The Kier molecular flexibility index (Phi) is 9.36. The Bertz CT molecular complexity index is 633. The average molecular weight is 378 g/mol. The molecule has 0 atom stereocenters. The number of ether oxygens (including phenoxy) is 3. The van der Waals surface area contributed by atoms with Crippen molar-refractivity contribution in [3.8, 4) is 0 Å². The highest BCUT2D eigenvalue weighted by atomic mass is 16.6. The molecular weight excluding hydrogens is 348 g/mol. The molecule has 7 nitrogen and oxygen atoms in total. The highest BCUT2D eigenvalue weighted by Crippen LogP contribution is 2.17. The number of hydrogen-bond acceptors (Lipinski definition) is 6. The number of esters is 1. The van der Waals surface area contributed by atoms with Gasteiger partial charge < -0.3 is 24.8 Å². The summed E-state index contributed by atoms with van der Waals surface area (Å²) in [6, 6.07) is 7.58. The van der Waals surface area contributed by atoms with Gasteiger partial charge in [0.25, 0.3) is 0 Å². The molecule has 7 heteroatoms. The maximum atomic E-state index is 11.8. The molecule has 0 aliphatic carbocycles. The first-order valence-electron chi connectivity index (χ1n) is 8.85. The summed E-state index contributed by atoms with van der Waals surface area (Å²) in [6.07, 6.45) is 1.76. The summed E-state index contributed by atoms with van der Waals surface area (Å²) in [7, 11) is 2.82. The minimum absolute atomic E-state index is 0.368. The third kappa shape index (κ3) is 9.10. The topological polar surface area (TPSA) is 85.9 Å². The third-order valence-corrected chi connectivity index (χ3v) is 3.43. The molecule has 0 aromatic heterocycles. The molecule has 27 heavy (non-hydrogen) atoms. The van der Waals surface area contributed by atoms with Crippen molar-refractivity contribution in [2.75, 3.05) is 27.3 Å². The van der Waals surface area contributed by atoms with Gasteiger partial charge in [-0.3, -0.25) is 0 Å². The molecule has 0 saturated heterocycles. The lowest BCUT2D eigenvalue weighted by Crippen LogP contribution is -2.33. The maximum absolute atomic E-state index is 11.8. The quantitative estimate of drug-likeness (QED) is 0.297. The summed E-state index contributed by atoms with van der Waals surface area (Å²) < 4.78 is 14.9. The molecule has 1 rings (SSSR count). The molecule has 0 aliphatic rings. The average Bonchev–Trinajstić information content (AvgIpc) is 2.61. The van der Waals surface area contributed by atoms with Gasteiger partial charge in [-0.25, -0.2) is 9.59 Å². The predicted octanol–water partition coefficient (Wildman–Crippen LogP) is 2.85. The summed E-state index contributed by atoms with van der Waals surface area (Å²) in [6.45, 7) is 7.49. The van der Waals surface area contributed by atoms with Crippen LogP contribution in [0.25, 0.3) is 5.57 Å². The van der Waals surface area contributed by atoms with Crippen LogP contribution in [0.1, 0.15) is 38.3 Å². The molecule has 0 saturated carbocycles. The van der Waals surface area contributed by atoms with Crippen LogP contribution in [0.2, 0.25) is 0 Å². The first kappa shape index (κ1) is 22.5. The predicted molar refractivity (Wildman–Crippen MR) is 104 cm³/mol. The first-order chi connectivity index (χ1) is 12.8. The van der Waals surface area contributed by atoms with E-state index >= 15 is 0 Å². The SMILES string of the molecule is COC=C(C(=O)OC)c1ccc(CNCCCNC(=O)OC(C)(C)C)cc1. The number of hydrogen-bond donors (Lipinski definition) is 2. The summed E-state index contributed by atoms with van der Waals surface area (Å²) in [4.78, 5) is 23.3. The van der Waals surface area contributed by atoms with Crippen LogP contribution < -0.4 is 10.6 Å². The Morgan fingerprint density at radius 2 is 1.74 bits per heavy atom. The van der Waals surface area contributed by atoms with Crippen molar-refractivity contribution in [1.82, 2.24) is 10.6 Å². The van der Waals surface area contributed by atoms with Crippen molar-refractivity contribution < 1.29 is 23.8 Å². The van der Waals surface area contributed by atoms with Crippen molar-refractivity contribution in [3.05, 3.63) is 41.7 Å². The van der Waals surface area contributed by atoms with E-state index in [0.29, 0.717) is 18.7 Å². The van der Waals surface area contributed by atoms with Crippen LogP contribution in [0.5, 0.6) is 0 Å². The smallest absolute Gasteiger partial charge is 0.407 e. The molecule has 0 aliphatic heterocycles. The number of methoxy groups -OCH3 is 2. The van der Waals surface area contributed by atoms with E-state index in [1.165, 1.54) is 20.5 Å². The molecule has 0 unspecified atom stereocenters. The van der Waals surface area contributed by atoms with Crippen LogP contribution in [-0.4, -0.2) is 45.0 Å². The Morgan fingerprint density at radius 1 is 1.07 bits per heavy atom. The highest BCUT2D eigenvalue weighted by Gasteiger charge is 2.15. The molecule has 0 heterocycles. The number of amides is 1. The number of rotatable bonds is 9. The van der Waals surface area contributed by atoms with Crippen molar-refractivity contribution in [2.45, 2.75) is 39.3 Å². The molecule has 1 aromatic carbocycles. The van der Waals surface area contributed by atoms with Crippen LogP contribution in [-0.2, 0) is 25.5 Å². The van der Waals surface area contributed by atoms with Crippen molar-refractivity contribution in [2.24, 2.45) is 0 Å². The standard InChI is InChI=1S/C20H30N2O5/c1-20(2,3)27-19(24)22-12-6-11-21-13-15-7-9-16(10-8-15)17(14-25-4)18(23)26-5/h7-10,14,21H,6,11-13H2,1-5H3,(H,22,24). The fourth-order valence-electron chi connectivity index (χ4n) is 2.21. The fraction of sp³-hybridized carbons (Fsp3) is 0.500. The van der Waals surface area contributed by atoms with Gasteiger partial charge in [0.15, 0.2) is 0 Å². The summed E-state index contributed by atoms with van der Waals surface area (Å²) >= 11 is 0. The Morgan fingerprint density at radius 3 is 2.30 bits per heavy atom. The van der Waals surface area contributed by atoms with E-state index in [0.717, 1.165) is 24.1 Å². The molecule has 1 amide bonds. The van der Waals surface area contributed by atoms with Crippen LogP contribution >= 0.6 is 0 Å². The molecule has 1 aromatic rings. The summed E-state index contributed by atoms with van der Waals surface area (Å²) in [5, 5.41) is 6.03. The Labute approximate surface area is 161 Å². The second-order valence-electron chi connectivity index (χ2n) is 6.91. The Hall–Kier alpha value is -2.54. The minimum Gasteiger partial charge on any atom is -0.503 e. The van der Waals surface area contributed by atoms with Gasteiger partial charge in [0.2, 0.25) is 0 Å². The van der Waals surface area contributed by atoms with E-state index in [1.807, 2.05) is 45.0 Å². The van der Waals surface area contributed by atoms with Crippen LogP contribution in [0, 0.1) is 0 Å². The molecule has 0 spiro atoms. The van der Waals surface area contributed by atoms with Gasteiger partial charge in [-0.05, 0) is 44.9 Å². The highest BCUT2D eigenvalue weighted by molar-refractivity contribution is 6.16. The van der Waals surface area contributed by atoms with Crippen LogP contribution in [0.15, 0.2) is 30.5 Å². The lowest BCUT2D eigenvalue weighted by atomic mass is 10.1. The zero-order chi connectivity index (χ0) is 20.3. The lowest BCUT2D eigenvalue weighted by molar-refractivity contribution is -0.133. The normalized spacial score (nSPS) is 11.7. The number of alkyl carbamates (subject to hydrolysis) is 1. The second-order valence-corrected chi connectivity index (χ2v) is 6.91. The lowest BCUT2D eigenvalue weighted by Gasteiger charge is -2.19. The van der Waals surface area contributed by atoms with Gasteiger partial charge in [0.1, 0.15) is 11.2 Å². The van der Waals surface area contributed by atoms with E-state index in [1.54, 1.807) is 0 Å². The van der Waals surface area contributed by atoms with Crippen LogP contribution in [0.4, 0.5) is 4.79 Å². The van der Waals surface area contributed by atoms with Gasteiger partial charge >= 0.3 is 12.1 Å². The van der Waals surface area contributed by atoms with Crippen molar-refractivity contribution in [1.29, 1.82) is 0 Å². The number of benzene rings is 1. The van der Waals surface area contributed by atoms with Gasteiger partial charge in [0.05, 0.1) is 20.5 Å². The maximum Gasteiger partial charge on any atom is 0.407 e. The monoisotopic (exact) mass is 378 g/mol. The van der Waals surface area contributed by atoms with E-state index in [9.17, 15) is 9.59 Å². The van der Waals surface area contributed by atoms with Gasteiger partial charge in [-0.15, -0.1) is 0 Å². The fourth-order valence-corrected chi connectivity index (χ4v) is 2.21. The zero-order valence-electron chi connectivity index (χ0n) is 16.8. The van der Waals surface area contributed by atoms with E-state index in [2.05, 4.69) is 10.6 Å². The zero-order valence-corrected chi connectivity index (χ0v) is 16.8. The van der Waals surface area contributed by atoms with E-state index in [-0.39, 0.29) is 0 Å². The number of nitrogens with one attached hydrogen (secondary N) is 2. The molecule has 150 valence electrons. The summed E-state index contributed by atoms with van der Waals surface area (Å²) in [5.41, 5.74) is 1.70. The van der Waals surface area contributed by atoms with E-state index < -0.39 is 17.7 Å². The molecule has 0 radical (unpaired) electrons. The largest absolute Gasteiger partial charge is 0.503 e. The Balaban J connectivity index is 2.35. The number of carbonyl (C=O) groups is 2.